The number of carboxylic acids is 1. The molecule has 0 aliphatic rings. The van der Waals surface area contributed by atoms with E-state index in [1.807, 2.05) is 19.1 Å². The van der Waals surface area contributed by atoms with Crippen molar-refractivity contribution in [2.45, 2.75) is 6.92 Å². The highest BCUT2D eigenvalue weighted by Gasteiger charge is 2.12. The predicted molar refractivity (Wildman–Crippen MR) is 88.1 cm³/mol. The second-order valence-corrected chi connectivity index (χ2v) is 4.78. The SMILES string of the molecule is CCNC(=O)Nc1ccc(C(=O)O)cc1-c1ccc(OC)cc1. The third-order valence-corrected chi connectivity index (χ3v) is 3.25. The first-order valence-electron chi connectivity index (χ1n) is 7.11. The number of carbonyl (C=O) groups excluding carboxylic acids is 1. The highest BCUT2D eigenvalue weighted by Crippen LogP contribution is 2.30. The molecule has 0 unspecified atom stereocenters. The number of benzene rings is 2. The Labute approximate surface area is 134 Å². The Morgan fingerprint density at radius 1 is 1.13 bits per heavy atom. The van der Waals surface area contributed by atoms with E-state index in [9.17, 15) is 14.7 Å². The van der Waals surface area contributed by atoms with Gasteiger partial charge in [0.05, 0.1) is 18.4 Å². The fraction of sp³-hybridized carbons (Fsp3) is 0.176. The smallest absolute Gasteiger partial charge is 0.335 e. The number of ether oxygens (including phenoxy) is 1. The molecule has 0 fully saturated rings. The van der Waals surface area contributed by atoms with Crippen LogP contribution < -0.4 is 15.4 Å². The van der Waals surface area contributed by atoms with E-state index in [1.165, 1.54) is 12.1 Å². The van der Waals surface area contributed by atoms with E-state index < -0.39 is 5.97 Å². The number of methoxy groups -OCH3 is 1. The van der Waals surface area contributed by atoms with Gasteiger partial charge in [-0.1, -0.05) is 12.1 Å². The molecule has 2 amide bonds. The second-order valence-electron chi connectivity index (χ2n) is 4.78. The highest BCUT2D eigenvalue weighted by molar-refractivity contribution is 5.97. The van der Waals surface area contributed by atoms with Crippen molar-refractivity contribution in [1.29, 1.82) is 0 Å². The molecular formula is C17H18N2O4. The third kappa shape index (κ3) is 4.00. The lowest BCUT2D eigenvalue weighted by molar-refractivity contribution is 0.0697. The Balaban J connectivity index is 2.44. The van der Waals surface area contributed by atoms with Crippen LogP contribution >= 0.6 is 0 Å². The molecule has 0 aliphatic carbocycles. The monoisotopic (exact) mass is 314 g/mol. The van der Waals surface area contributed by atoms with E-state index in [1.54, 1.807) is 25.3 Å². The van der Waals surface area contributed by atoms with Crippen LogP contribution in [-0.4, -0.2) is 30.8 Å². The Morgan fingerprint density at radius 2 is 1.83 bits per heavy atom. The van der Waals surface area contributed by atoms with E-state index in [-0.39, 0.29) is 11.6 Å². The Bertz CT molecular complexity index is 711. The fourth-order valence-corrected chi connectivity index (χ4v) is 2.12. The maximum absolute atomic E-state index is 11.8. The molecule has 23 heavy (non-hydrogen) atoms. The Hall–Kier alpha value is -3.02. The summed E-state index contributed by atoms with van der Waals surface area (Å²) < 4.78 is 5.12. The molecule has 0 bridgehead atoms. The summed E-state index contributed by atoms with van der Waals surface area (Å²) in [5, 5.41) is 14.5. The molecule has 0 heterocycles. The second kappa shape index (κ2) is 7.31. The van der Waals surface area contributed by atoms with Crippen molar-refractivity contribution in [2.24, 2.45) is 0 Å². The summed E-state index contributed by atoms with van der Waals surface area (Å²) in [7, 11) is 1.57. The van der Waals surface area contributed by atoms with Gasteiger partial charge in [0, 0.05) is 12.1 Å². The molecule has 0 aromatic heterocycles. The summed E-state index contributed by atoms with van der Waals surface area (Å²) in [6.07, 6.45) is 0. The van der Waals surface area contributed by atoms with Crippen molar-refractivity contribution in [3.63, 3.8) is 0 Å². The lowest BCUT2D eigenvalue weighted by Gasteiger charge is -2.13. The number of carbonyl (C=O) groups is 2. The summed E-state index contributed by atoms with van der Waals surface area (Å²) in [6.45, 7) is 2.31. The van der Waals surface area contributed by atoms with E-state index in [0.29, 0.717) is 23.5 Å². The van der Waals surface area contributed by atoms with Crippen molar-refractivity contribution in [2.75, 3.05) is 19.0 Å². The molecule has 0 aliphatic heterocycles. The standard InChI is InChI=1S/C17H18N2O4/c1-3-18-17(22)19-15-9-6-12(16(20)21)10-14(15)11-4-7-13(23-2)8-5-11/h4-10H,3H2,1-2H3,(H,20,21)(H2,18,19,22). The third-order valence-electron chi connectivity index (χ3n) is 3.25. The van der Waals surface area contributed by atoms with Gasteiger partial charge in [-0.3, -0.25) is 0 Å². The first-order chi connectivity index (χ1) is 11.0. The van der Waals surface area contributed by atoms with Crippen LogP contribution in [0.25, 0.3) is 11.1 Å². The zero-order valence-corrected chi connectivity index (χ0v) is 12.9. The quantitative estimate of drug-likeness (QED) is 0.791. The molecule has 2 rings (SSSR count). The van der Waals surface area contributed by atoms with Gasteiger partial charge in [0.2, 0.25) is 0 Å². The zero-order chi connectivity index (χ0) is 16.8. The van der Waals surface area contributed by atoms with E-state index >= 15 is 0 Å². The number of hydrogen-bond acceptors (Lipinski definition) is 3. The molecule has 0 saturated heterocycles. The Morgan fingerprint density at radius 3 is 2.39 bits per heavy atom. The van der Waals surface area contributed by atoms with Gasteiger partial charge in [0.25, 0.3) is 0 Å². The number of nitrogens with one attached hydrogen (secondary N) is 2. The van der Waals surface area contributed by atoms with Crippen LogP contribution in [-0.2, 0) is 0 Å². The van der Waals surface area contributed by atoms with Gasteiger partial charge in [0.1, 0.15) is 5.75 Å². The van der Waals surface area contributed by atoms with Crippen molar-refractivity contribution >= 4 is 17.7 Å². The minimum absolute atomic E-state index is 0.150. The number of carboxylic acid groups (broad SMARTS) is 1. The molecule has 120 valence electrons. The van der Waals surface area contributed by atoms with Crippen LogP contribution in [0, 0.1) is 0 Å². The minimum atomic E-state index is -1.02. The summed E-state index contributed by atoms with van der Waals surface area (Å²) in [5.74, 6) is -0.328. The first-order valence-corrected chi connectivity index (χ1v) is 7.11. The van der Waals surface area contributed by atoms with Gasteiger partial charge in [-0.25, -0.2) is 9.59 Å². The van der Waals surface area contributed by atoms with Crippen molar-refractivity contribution in [3.05, 3.63) is 48.0 Å². The van der Waals surface area contributed by atoms with E-state index in [0.717, 1.165) is 5.56 Å². The van der Waals surface area contributed by atoms with Crippen LogP contribution in [0.15, 0.2) is 42.5 Å². The lowest BCUT2D eigenvalue weighted by atomic mass is 10.0. The van der Waals surface area contributed by atoms with E-state index in [2.05, 4.69) is 10.6 Å². The summed E-state index contributed by atoms with van der Waals surface area (Å²) in [4.78, 5) is 23.0. The van der Waals surface area contributed by atoms with Crippen molar-refractivity contribution in [1.82, 2.24) is 5.32 Å². The van der Waals surface area contributed by atoms with Crippen LogP contribution in [0.1, 0.15) is 17.3 Å². The van der Waals surface area contributed by atoms with Gasteiger partial charge in [-0.05, 0) is 42.8 Å². The van der Waals surface area contributed by atoms with Crippen LogP contribution in [0.4, 0.5) is 10.5 Å². The number of aromatic carboxylic acids is 1. The average molecular weight is 314 g/mol. The number of anilines is 1. The lowest BCUT2D eigenvalue weighted by Crippen LogP contribution is -2.28. The van der Waals surface area contributed by atoms with Gasteiger partial charge in [-0.15, -0.1) is 0 Å². The molecule has 0 spiro atoms. The number of hydrogen-bond donors (Lipinski definition) is 3. The topological polar surface area (TPSA) is 87.7 Å². The largest absolute Gasteiger partial charge is 0.497 e. The summed E-state index contributed by atoms with van der Waals surface area (Å²) >= 11 is 0. The van der Waals surface area contributed by atoms with Crippen LogP contribution in [0.2, 0.25) is 0 Å². The first kappa shape index (κ1) is 16.4. The van der Waals surface area contributed by atoms with Crippen molar-refractivity contribution < 1.29 is 19.4 Å². The number of amides is 2. The number of urea groups is 1. The fourth-order valence-electron chi connectivity index (χ4n) is 2.12. The van der Waals surface area contributed by atoms with Gasteiger partial charge >= 0.3 is 12.0 Å². The highest BCUT2D eigenvalue weighted by atomic mass is 16.5. The maximum atomic E-state index is 11.8. The molecule has 0 saturated carbocycles. The predicted octanol–water partition coefficient (Wildman–Crippen LogP) is 3.20. The van der Waals surface area contributed by atoms with Crippen LogP contribution in [0.3, 0.4) is 0 Å². The minimum Gasteiger partial charge on any atom is -0.497 e. The molecule has 2 aromatic rings. The average Bonchev–Trinajstić information content (AvgIpc) is 2.55. The van der Waals surface area contributed by atoms with Gasteiger partial charge in [-0.2, -0.15) is 0 Å². The van der Waals surface area contributed by atoms with Gasteiger partial charge < -0.3 is 20.5 Å². The normalized spacial score (nSPS) is 10.0. The van der Waals surface area contributed by atoms with E-state index in [4.69, 9.17) is 4.74 Å². The molecule has 6 heteroatoms. The molecule has 0 atom stereocenters. The molecule has 6 nitrogen and oxygen atoms in total. The Kier molecular flexibility index (Phi) is 5.19. The molecule has 3 N–H and O–H groups in total. The number of rotatable bonds is 5. The molecule has 2 aromatic carbocycles. The summed E-state index contributed by atoms with van der Waals surface area (Å²) in [6, 6.07) is 11.4. The molecule has 0 radical (unpaired) electrons. The zero-order valence-electron chi connectivity index (χ0n) is 12.9. The van der Waals surface area contributed by atoms with Gasteiger partial charge in [0.15, 0.2) is 0 Å². The van der Waals surface area contributed by atoms with Crippen molar-refractivity contribution in [3.8, 4) is 16.9 Å². The summed E-state index contributed by atoms with van der Waals surface area (Å²) in [5.41, 5.74) is 2.09. The molecular weight excluding hydrogens is 296 g/mol. The van der Waals surface area contributed by atoms with Crippen LogP contribution in [0.5, 0.6) is 5.75 Å². The maximum Gasteiger partial charge on any atom is 0.335 e.